The third-order valence-corrected chi connectivity index (χ3v) is 8.79. The maximum atomic E-state index is 14.0. The number of alkyl halides is 3. The zero-order valence-electron chi connectivity index (χ0n) is 24.5. The molecule has 2 saturated carbocycles. The molecule has 3 aromatic rings. The number of hydrogen-bond acceptors (Lipinski definition) is 8. The van der Waals surface area contributed by atoms with Crippen LogP contribution in [0.4, 0.5) is 24.5 Å². The van der Waals surface area contributed by atoms with E-state index in [-0.39, 0.29) is 18.3 Å². The number of anilines is 2. The Morgan fingerprint density at radius 1 is 1.11 bits per heavy atom. The van der Waals surface area contributed by atoms with Gasteiger partial charge in [0.15, 0.2) is 5.54 Å². The monoisotopic (exact) mass is 620 g/mol. The van der Waals surface area contributed by atoms with Gasteiger partial charge in [-0.1, -0.05) is 56.6 Å². The third kappa shape index (κ3) is 5.36. The Morgan fingerprint density at radius 3 is 2.48 bits per heavy atom. The molecule has 0 radical (unpaired) electrons. The summed E-state index contributed by atoms with van der Waals surface area (Å²) in [6.07, 6.45) is 0.0395. The van der Waals surface area contributed by atoms with E-state index in [2.05, 4.69) is 59.5 Å². The molecule has 228 valence electrons. The van der Waals surface area contributed by atoms with Crippen molar-refractivity contribution in [2.75, 3.05) is 17.2 Å². The van der Waals surface area contributed by atoms with Gasteiger partial charge in [0.2, 0.25) is 0 Å². The second-order valence-electron chi connectivity index (χ2n) is 13.0. The predicted octanol–water partition coefficient (Wildman–Crippen LogP) is 7.19. The first-order valence-electron chi connectivity index (χ1n) is 14.4. The van der Waals surface area contributed by atoms with Crippen molar-refractivity contribution >= 4 is 33.9 Å². The highest BCUT2D eigenvalue weighted by Crippen LogP contribution is 2.54. The summed E-state index contributed by atoms with van der Waals surface area (Å²) in [5.74, 6) is 0. The Balaban J connectivity index is 1.43. The lowest BCUT2D eigenvalue weighted by molar-refractivity contribution is -0.195. The number of fused-ring (bicyclic) bond motifs is 1. The number of rotatable bonds is 8. The van der Waals surface area contributed by atoms with E-state index in [0.29, 0.717) is 45.1 Å². The van der Waals surface area contributed by atoms with Crippen molar-refractivity contribution in [3.63, 3.8) is 0 Å². The lowest BCUT2D eigenvalue weighted by atomic mass is 9.93. The van der Waals surface area contributed by atoms with Crippen molar-refractivity contribution in [2.24, 2.45) is 5.41 Å². The van der Waals surface area contributed by atoms with E-state index in [1.165, 1.54) is 12.4 Å². The minimum absolute atomic E-state index is 0.00786. The molecule has 3 aliphatic rings. The van der Waals surface area contributed by atoms with Crippen LogP contribution in [0.2, 0.25) is 5.02 Å². The average Bonchev–Trinajstić information content (AvgIpc) is 3.91. The number of benzene rings is 2. The van der Waals surface area contributed by atoms with Crippen molar-refractivity contribution in [3.8, 4) is 12.1 Å². The van der Waals surface area contributed by atoms with Crippen LogP contribution in [0.15, 0.2) is 54.5 Å². The van der Waals surface area contributed by atoms with Gasteiger partial charge in [-0.05, 0) is 54.4 Å². The van der Waals surface area contributed by atoms with Crippen molar-refractivity contribution in [2.45, 2.75) is 69.6 Å². The molecule has 0 unspecified atom stereocenters. The molecule has 12 heteroatoms. The highest BCUT2D eigenvalue weighted by Gasteiger charge is 2.67. The summed E-state index contributed by atoms with van der Waals surface area (Å²) >= 11 is 6.74. The maximum absolute atomic E-state index is 14.0. The number of nitrogens with one attached hydrogen (secondary N) is 4. The van der Waals surface area contributed by atoms with Gasteiger partial charge in [0, 0.05) is 30.0 Å². The van der Waals surface area contributed by atoms with Gasteiger partial charge >= 0.3 is 6.18 Å². The topological polar surface area (TPSA) is 112 Å². The molecule has 44 heavy (non-hydrogen) atoms. The van der Waals surface area contributed by atoms with Gasteiger partial charge in [-0.15, -0.1) is 5.53 Å². The van der Waals surface area contributed by atoms with E-state index >= 15 is 0 Å². The molecule has 2 heterocycles. The number of halogens is 4. The maximum Gasteiger partial charge on any atom is 0.413 e. The van der Waals surface area contributed by atoms with Crippen LogP contribution >= 0.6 is 11.6 Å². The lowest BCUT2D eigenvalue weighted by Gasteiger charge is -2.28. The quantitative estimate of drug-likeness (QED) is 0.209. The number of pyridine rings is 1. The van der Waals surface area contributed by atoms with Gasteiger partial charge < -0.3 is 16.1 Å². The van der Waals surface area contributed by atoms with Crippen LogP contribution in [0.25, 0.3) is 10.9 Å². The molecule has 8 nitrogen and oxygen atoms in total. The fraction of sp³-hybridized carbons (Fsp3) is 0.406. The Kier molecular flexibility index (Phi) is 7.10. The number of aromatic nitrogens is 1. The molecule has 0 saturated heterocycles. The summed E-state index contributed by atoms with van der Waals surface area (Å²) in [5.41, 5.74) is 7.24. The average molecular weight is 621 g/mol. The van der Waals surface area contributed by atoms with Gasteiger partial charge in [0.05, 0.1) is 45.0 Å². The van der Waals surface area contributed by atoms with Crippen molar-refractivity contribution in [3.05, 3.63) is 76.2 Å². The fourth-order valence-electron chi connectivity index (χ4n) is 5.57. The zero-order valence-corrected chi connectivity index (χ0v) is 25.3. The Hall–Kier alpha value is -4.19. The molecule has 4 N–H and O–H groups in total. The van der Waals surface area contributed by atoms with E-state index in [0.717, 1.165) is 29.0 Å². The highest BCUT2D eigenvalue weighted by molar-refractivity contribution is 6.35. The molecule has 2 aromatic carbocycles. The van der Waals surface area contributed by atoms with E-state index < -0.39 is 23.2 Å². The summed E-state index contributed by atoms with van der Waals surface area (Å²) in [7, 11) is 0. The minimum Gasteiger partial charge on any atom is -0.383 e. The Bertz CT molecular complexity index is 1740. The van der Waals surface area contributed by atoms with Gasteiger partial charge in [0.25, 0.3) is 0 Å². The number of nitrogens with zero attached hydrogens (tertiary/aromatic N) is 4. The Labute approximate surface area is 258 Å². The van der Waals surface area contributed by atoms with Crippen LogP contribution in [0.5, 0.6) is 0 Å². The smallest absolute Gasteiger partial charge is 0.383 e. The molecule has 0 bridgehead atoms. The molecule has 1 aromatic heterocycles. The second-order valence-corrected chi connectivity index (χ2v) is 13.5. The summed E-state index contributed by atoms with van der Waals surface area (Å²) in [6, 6.07) is 15.1. The molecule has 1 aliphatic heterocycles. The first kappa shape index (κ1) is 29.9. The first-order valence-corrected chi connectivity index (χ1v) is 14.8. The second kappa shape index (κ2) is 10.5. The van der Waals surface area contributed by atoms with Crippen molar-refractivity contribution < 1.29 is 13.2 Å². The van der Waals surface area contributed by atoms with Gasteiger partial charge in [-0.25, -0.2) is 0 Å². The third-order valence-electron chi connectivity index (χ3n) is 8.50. The molecule has 2 aliphatic carbocycles. The molecular weight excluding hydrogens is 589 g/mol. The minimum atomic E-state index is -4.41. The van der Waals surface area contributed by atoms with E-state index in [1.54, 1.807) is 6.07 Å². The van der Waals surface area contributed by atoms with Gasteiger partial charge in [-0.2, -0.15) is 23.7 Å². The lowest BCUT2D eigenvalue weighted by Crippen LogP contribution is -2.52. The van der Waals surface area contributed by atoms with E-state index in [9.17, 15) is 23.7 Å². The number of hydrazine groups is 2. The molecule has 2 fully saturated rings. The zero-order chi connectivity index (χ0) is 31.5. The Morgan fingerprint density at radius 2 is 1.86 bits per heavy atom. The highest BCUT2D eigenvalue weighted by atomic mass is 35.5. The fourth-order valence-corrected chi connectivity index (χ4v) is 5.84. The first-order chi connectivity index (χ1) is 20.8. The van der Waals surface area contributed by atoms with Crippen LogP contribution in [0.3, 0.4) is 0 Å². The van der Waals surface area contributed by atoms with Crippen LogP contribution < -0.4 is 21.6 Å². The number of nitriles is 2. The van der Waals surface area contributed by atoms with E-state index in [4.69, 9.17) is 11.6 Å². The molecule has 0 amide bonds. The molecule has 6 rings (SSSR count). The molecular formula is C32H32ClF3N8. The summed E-state index contributed by atoms with van der Waals surface area (Å²) in [6.45, 7) is 6.83. The molecule has 0 spiro atoms. The summed E-state index contributed by atoms with van der Waals surface area (Å²) in [5, 5.41) is 28.6. The van der Waals surface area contributed by atoms with Crippen LogP contribution in [0, 0.1) is 28.1 Å². The van der Waals surface area contributed by atoms with Crippen LogP contribution in [-0.2, 0) is 5.41 Å². The predicted molar refractivity (Wildman–Crippen MR) is 163 cm³/mol. The standard InChI is InChI=1S/C32H32ClF3N8/c1-29(2,3)18-40-26-20(14-37)15-39-28-23(26)12-22(13-24(28)33)41-27(19-5-4-6-21(11-19)30(17-38)7-8-30)25-16-44(43-42-25)31(9-10-31)32(34,35)36/h4-6,11-13,15-16,27,41-43H,7-10,18H2,1-3H3,(H,39,40)/t27-/m0/s1. The largest absolute Gasteiger partial charge is 0.413 e. The van der Waals surface area contributed by atoms with Crippen LogP contribution in [0.1, 0.15) is 69.2 Å². The van der Waals surface area contributed by atoms with Gasteiger partial charge in [0.1, 0.15) is 6.07 Å². The number of hydrogen-bond donors (Lipinski definition) is 4. The van der Waals surface area contributed by atoms with Crippen LogP contribution in [-0.4, -0.2) is 28.3 Å². The van der Waals surface area contributed by atoms with E-state index in [1.807, 2.05) is 30.3 Å². The van der Waals surface area contributed by atoms with Gasteiger partial charge in [-0.3, -0.25) is 9.99 Å². The van der Waals surface area contributed by atoms with Crippen molar-refractivity contribution in [1.82, 2.24) is 21.0 Å². The normalized spacial score (nSPS) is 18.9. The summed E-state index contributed by atoms with van der Waals surface area (Å²) in [4.78, 5) is 4.43. The SMILES string of the molecule is CC(C)(C)CNc1c(C#N)cnc2c(Cl)cc(N[C@H](C3=CN(C4(C(F)(F)F)CC4)NN3)c3cccc(C4(C#N)CC4)c3)cc12. The van der Waals surface area contributed by atoms with Crippen molar-refractivity contribution in [1.29, 1.82) is 10.5 Å². The molecule has 1 atom stereocenters. The summed E-state index contributed by atoms with van der Waals surface area (Å²) < 4.78 is 41.9.